The topological polar surface area (TPSA) is 197 Å². The summed E-state index contributed by atoms with van der Waals surface area (Å²) in [6.07, 6.45) is 0.486. The smallest absolute Gasteiger partial charge is 0.353 e. The first-order valence-corrected chi connectivity index (χ1v) is 10.9. The van der Waals surface area contributed by atoms with E-state index in [4.69, 9.17) is 26.1 Å². The van der Waals surface area contributed by atoms with E-state index in [0.29, 0.717) is 4.88 Å². The monoisotopic (exact) mass is 528 g/mol. The van der Waals surface area contributed by atoms with Crippen molar-refractivity contribution < 1.29 is 34.3 Å². The van der Waals surface area contributed by atoms with Crippen molar-refractivity contribution in [2.24, 2.45) is 11.7 Å². The Hall–Kier alpha value is -3.55. The van der Waals surface area contributed by atoms with Crippen molar-refractivity contribution in [2.45, 2.75) is 19.8 Å². The van der Waals surface area contributed by atoms with E-state index in [0.717, 1.165) is 22.3 Å². The number of nitrogens with zero attached hydrogens (tertiary/aromatic N) is 2. The van der Waals surface area contributed by atoms with Crippen LogP contribution in [0.15, 0.2) is 30.3 Å². The average molecular weight is 529 g/mol. The molecule has 12 nitrogen and oxygen atoms in total. The van der Waals surface area contributed by atoms with Gasteiger partial charge in [0.2, 0.25) is 11.7 Å². The number of aliphatic hydroxyl groups is 1. The van der Waals surface area contributed by atoms with Crippen LogP contribution < -0.4 is 10.5 Å². The number of ether oxygens (including phenoxy) is 1. The number of carbonyl (C=O) groups excluding carboxylic acids is 2. The molecule has 1 amide bonds. The molecule has 0 bridgehead atoms. The molecule has 0 saturated carbocycles. The molecule has 0 aliphatic rings. The molecule has 14 heteroatoms. The number of aliphatic hydroxyl groups excluding tert-OH is 1. The highest BCUT2D eigenvalue weighted by atomic mass is 35.5. The van der Waals surface area contributed by atoms with Gasteiger partial charge in [-0.2, -0.15) is 0 Å². The summed E-state index contributed by atoms with van der Waals surface area (Å²) >= 11 is 1.05. The number of nitro benzene ring substituents is 1. The number of nitrogens with two attached hydrogens (primary N) is 1. The molecular formula is C21H25ClN4O8S. The van der Waals surface area contributed by atoms with Gasteiger partial charge in [0.25, 0.3) is 0 Å². The van der Waals surface area contributed by atoms with Gasteiger partial charge in [-0.25, -0.2) is 4.79 Å². The number of rotatable bonds is 12. The fraction of sp³-hybridized carbons (Fsp3) is 0.333. The number of nitro groups is 1. The number of aliphatic carboxylic acids is 1. The highest BCUT2D eigenvalue weighted by molar-refractivity contribution is 7.13. The molecule has 1 aromatic carbocycles. The Morgan fingerprint density at radius 2 is 1.97 bits per heavy atom. The van der Waals surface area contributed by atoms with E-state index in [2.05, 4.69) is 0 Å². The van der Waals surface area contributed by atoms with Gasteiger partial charge in [-0.05, 0) is 37.1 Å². The molecule has 0 fully saturated rings. The maximum absolute atomic E-state index is 12.7. The molecule has 1 unspecified atom stereocenters. The zero-order valence-corrected chi connectivity index (χ0v) is 20.3. The number of carboxylic acids is 1. The molecule has 2 rings (SSSR count). The van der Waals surface area contributed by atoms with Crippen LogP contribution in [0.2, 0.25) is 0 Å². The fourth-order valence-electron chi connectivity index (χ4n) is 3.05. The largest absolute Gasteiger partial charge is 0.480 e. The maximum atomic E-state index is 12.7. The summed E-state index contributed by atoms with van der Waals surface area (Å²) < 4.78 is 5.17. The number of amides is 1. The number of nitrogens with one attached hydrogen (secondary N) is 1. The van der Waals surface area contributed by atoms with Crippen LogP contribution in [0.1, 0.15) is 33.5 Å². The molecule has 1 atom stereocenters. The van der Waals surface area contributed by atoms with Crippen LogP contribution in [0, 0.1) is 21.4 Å². The number of halogens is 1. The van der Waals surface area contributed by atoms with Crippen molar-refractivity contribution in [2.75, 3.05) is 19.7 Å². The Bertz CT molecular complexity index is 1110. The van der Waals surface area contributed by atoms with E-state index in [9.17, 15) is 24.5 Å². The third kappa shape index (κ3) is 8.31. The number of carboxylic acid groups (broad SMARTS) is 1. The summed E-state index contributed by atoms with van der Waals surface area (Å²) in [5.74, 6) is -3.64. The van der Waals surface area contributed by atoms with Crippen LogP contribution in [-0.2, 0) is 16.0 Å². The van der Waals surface area contributed by atoms with Crippen molar-refractivity contribution in [3.05, 3.63) is 55.8 Å². The maximum Gasteiger partial charge on any atom is 0.353 e. The van der Waals surface area contributed by atoms with Gasteiger partial charge in [-0.3, -0.25) is 25.1 Å². The summed E-state index contributed by atoms with van der Waals surface area (Å²) in [6, 6.07) is 6.64. The predicted octanol–water partition coefficient (Wildman–Crippen LogP) is 2.06. The van der Waals surface area contributed by atoms with Gasteiger partial charge in [-0.15, -0.1) is 23.7 Å². The van der Waals surface area contributed by atoms with Crippen LogP contribution >= 0.6 is 23.7 Å². The highest BCUT2D eigenvalue weighted by Crippen LogP contribution is 2.30. The third-order valence-electron chi connectivity index (χ3n) is 4.69. The molecule has 190 valence electrons. The van der Waals surface area contributed by atoms with Crippen LogP contribution in [0.25, 0.3) is 0 Å². The Morgan fingerprint density at radius 1 is 1.29 bits per heavy atom. The minimum atomic E-state index is -1.16. The second-order valence-corrected chi connectivity index (χ2v) is 8.51. The van der Waals surface area contributed by atoms with Gasteiger partial charge < -0.3 is 25.6 Å². The molecule has 0 radical (unpaired) electrons. The number of benzene rings is 1. The highest BCUT2D eigenvalue weighted by Gasteiger charge is 2.25. The van der Waals surface area contributed by atoms with Gasteiger partial charge in [-0.1, -0.05) is 6.92 Å². The Balaban J connectivity index is 0.00000612. The van der Waals surface area contributed by atoms with Crippen molar-refractivity contribution in [1.29, 1.82) is 5.41 Å². The zero-order valence-electron chi connectivity index (χ0n) is 18.6. The molecule has 0 spiro atoms. The lowest BCUT2D eigenvalue weighted by molar-refractivity contribution is -0.385. The third-order valence-corrected chi connectivity index (χ3v) is 5.77. The van der Waals surface area contributed by atoms with E-state index < -0.39 is 40.9 Å². The quantitative estimate of drug-likeness (QED) is 0.0794. The molecular weight excluding hydrogens is 504 g/mol. The lowest BCUT2D eigenvalue weighted by atomic mass is 10.0. The number of thiophene rings is 1. The summed E-state index contributed by atoms with van der Waals surface area (Å²) in [5, 5.41) is 36.7. The van der Waals surface area contributed by atoms with Crippen LogP contribution in [-0.4, -0.2) is 63.4 Å². The summed E-state index contributed by atoms with van der Waals surface area (Å²) in [4.78, 5) is 48.8. The summed E-state index contributed by atoms with van der Waals surface area (Å²) in [6.45, 7) is 1.08. The first-order chi connectivity index (χ1) is 16.0. The normalized spacial score (nSPS) is 11.1. The number of nitrogen functional groups attached to an aromatic ring is 1. The number of amidine groups is 1. The molecule has 0 aliphatic heterocycles. The molecule has 1 aromatic heterocycles. The lowest BCUT2D eigenvalue weighted by Crippen LogP contribution is -2.40. The molecule has 35 heavy (non-hydrogen) atoms. The van der Waals surface area contributed by atoms with Gasteiger partial charge in [0, 0.05) is 35.6 Å². The summed E-state index contributed by atoms with van der Waals surface area (Å²) in [7, 11) is 0. The van der Waals surface area contributed by atoms with E-state index >= 15 is 0 Å². The van der Waals surface area contributed by atoms with E-state index in [1.54, 1.807) is 13.0 Å². The fourth-order valence-corrected chi connectivity index (χ4v) is 4.07. The Kier molecular flexibility index (Phi) is 11.3. The van der Waals surface area contributed by atoms with Gasteiger partial charge in [0.05, 0.1) is 4.92 Å². The Labute approximate surface area is 210 Å². The number of esters is 1. The van der Waals surface area contributed by atoms with Crippen LogP contribution in [0.4, 0.5) is 5.69 Å². The number of hydrogen-bond donors (Lipinski definition) is 4. The van der Waals surface area contributed by atoms with Gasteiger partial charge in [0.15, 0.2) is 0 Å². The lowest BCUT2D eigenvalue weighted by Gasteiger charge is -2.23. The van der Waals surface area contributed by atoms with Crippen molar-refractivity contribution in [1.82, 2.24) is 4.90 Å². The van der Waals surface area contributed by atoms with Gasteiger partial charge in [0.1, 0.15) is 17.3 Å². The number of hydrogen-bond acceptors (Lipinski definition) is 9. The second kappa shape index (κ2) is 13.4. The standard InChI is InChI=1S/C21H24N4O8S.ClH/c1-12(20(29)24(7-2-8-26)11-18(27)28)9-14-4-6-17(34-14)21(30)33-16-5-3-13(19(22)23)10-15(16)25(31)32;/h3-6,10,12,26H,2,7-9,11H2,1H3,(H3,22,23)(H,27,28);1H. The van der Waals surface area contributed by atoms with Crippen molar-refractivity contribution in [3.63, 3.8) is 0 Å². The Morgan fingerprint density at radius 3 is 2.54 bits per heavy atom. The van der Waals surface area contributed by atoms with E-state index in [1.807, 2.05) is 0 Å². The first-order valence-electron chi connectivity index (χ1n) is 10.1. The minimum absolute atomic E-state index is 0. The van der Waals surface area contributed by atoms with Crippen LogP contribution in [0.3, 0.4) is 0 Å². The SMILES string of the molecule is CC(Cc1ccc(C(=O)Oc2ccc(C(=N)N)cc2[N+](=O)[O-])s1)C(=O)N(CCCO)CC(=O)O.Cl. The van der Waals surface area contributed by atoms with Gasteiger partial charge >= 0.3 is 17.6 Å². The molecule has 2 aromatic rings. The average Bonchev–Trinajstić information content (AvgIpc) is 3.24. The first kappa shape index (κ1) is 29.5. The minimum Gasteiger partial charge on any atom is -0.480 e. The van der Waals surface area contributed by atoms with Crippen molar-refractivity contribution >= 4 is 53.1 Å². The number of carbonyl (C=O) groups is 3. The molecule has 1 heterocycles. The van der Waals surface area contributed by atoms with E-state index in [1.165, 1.54) is 18.2 Å². The van der Waals surface area contributed by atoms with E-state index in [-0.39, 0.29) is 60.4 Å². The van der Waals surface area contributed by atoms with Crippen LogP contribution in [0.5, 0.6) is 5.75 Å². The zero-order chi connectivity index (χ0) is 25.4. The summed E-state index contributed by atoms with van der Waals surface area (Å²) in [5.41, 5.74) is 4.94. The second-order valence-electron chi connectivity index (χ2n) is 7.34. The molecule has 0 saturated heterocycles. The predicted molar refractivity (Wildman–Crippen MR) is 129 cm³/mol. The van der Waals surface area contributed by atoms with Crippen molar-refractivity contribution in [3.8, 4) is 5.75 Å². The molecule has 5 N–H and O–H groups in total. The molecule has 0 aliphatic carbocycles.